The van der Waals surface area contributed by atoms with Crippen molar-refractivity contribution < 1.29 is 19.4 Å². The molecule has 6 nitrogen and oxygen atoms in total. The number of carbonyl (C=O) groups is 1. The molecule has 1 aliphatic heterocycles. The topological polar surface area (TPSA) is 79.8 Å². The summed E-state index contributed by atoms with van der Waals surface area (Å²) in [6.45, 7) is 5.40. The van der Waals surface area contributed by atoms with Gasteiger partial charge >= 0.3 is 5.97 Å². The van der Waals surface area contributed by atoms with E-state index in [1.165, 1.54) is 19.3 Å². The minimum Gasteiger partial charge on any atom is -0.504 e. The number of ether oxygens (including phenoxy) is 2. The third-order valence-electron chi connectivity index (χ3n) is 3.36. The smallest absolute Gasteiger partial charge is 0.338 e. The van der Waals surface area contributed by atoms with E-state index in [-0.39, 0.29) is 12.4 Å². The van der Waals surface area contributed by atoms with Gasteiger partial charge in [0.2, 0.25) is 0 Å². The Bertz CT molecular complexity index is 685. The molecule has 0 bridgehead atoms. The Morgan fingerprint density at radius 2 is 2.26 bits per heavy atom. The molecule has 0 radical (unpaired) electrons. The van der Waals surface area contributed by atoms with Crippen LogP contribution in [0.1, 0.15) is 18.5 Å². The van der Waals surface area contributed by atoms with Gasteiger partial charge in [-0.25, -0.2) is 4.79 Å². The molecule has 0 amide bonds. The number of phenolic OH excluding ortho intramolecular Hbond substituents is 1. The van der Waals surface area contributed by atoms with Crippen molar-refractivity contribution in [3.63, 3.8) is 0 Å². The number of carbonyl (C=O) groups excluding carboxylic acids is 1. The van der Waals surface area contributed by atoms with Crippen LogP contribution in [-0.2, 0) is 9.53 Å². The van der Waals surface area contributed by atoms with Gasteiger partial charge in [0.25, 0.3) is 0 Å². The molecule has 122 valence electrons. The van der Waals surface area contributed by atoms with Crippen molar-refractivity contribution in [1.82, 2.24) is 10.6 Å². The number of hydrogen-bond acceptors (Lipinski definition) is 5. The van der Waals surface area contributed by atoms with Gasteiger partial charge in [0.1, 0.15) is 6.61 Å². The highest BCUT2D eigenvalue weighted by Crippen LogP contribution is 2.33. The molecule has 0 spiro atoms. The molecule has 1 aromatic carbocycles. The summed E-state index contributed by atoms with van der Waals surface area (Å²) in [5.41, 5.74) is 1.74. The lowest BCUT2D eigenvalue weighted by Gasteiger charge is -2.30. The third-order valence-corrected chi connectivity index (χ3v) is 3.58. The highest BCUT2D eigenvalue weighted by atomic mass is 32.1. The summed E-state index contributed by atoms with van der Waals surface area (Å²) in [6, 6.07) is 4.34. The highest BCUT2D eigenvalue weighted by molar-refractivity contribution is 7.80. The SMILES string of the molecule is C=CCOC(=O)C1=C(C)NC(=S)N[C@H]1c1ccc(O)c(OC)c1. The molecule has 0 aliphatic carbocycles. The number of thiocarbonyl (C=S) groups is 1. The highest BCUT2D eigenvalue weighted by Gasteiger charge is 2.31. The molecule has 0 aromatic heterocycles. The Labute approximate surface area is 139 Å². The predicted octanol–water partition coefficient (Wildman–Crippen LogP) is 1.92. The number of hydrogen-bond donors (Lipinski definition) is 3. The summed E-state index contributed by atoms with van der Waals surface area (Å²) in [5.74, 6) is -0.142. The number of nitrogens with one attached hydrogen (secondary N) is 2. The quantitative estimate of drug-likeness (QED) is 0.431. The van der Waals surface area contributed by atoms with Gasteiger partial charge in [0, 0.05) is 5.70 Å². The van der Waals surface area contributed by atoms with E-state index in [1.54, 1.807) is 19.1 Å². The summed E-state index contributed by atoms with van der Waals surface area (Å²) in [5, 5.41) is 16.1. The molecule has 0 fully saturated rings. The van der Waals surface area contributed by atoms with Gasteiger partial charge in [-0.2, -0.15) is 0 Å². The zero-order valence-corrected chi connectivity index (χ0v) is 13.7. The first-order valence-corrected chi connectivity index (χ1v) is 7.32. The number of aromatic hydroxyl groups is 1. The van der Waals surface area contributed by atoms with Crippen molar-refractivity contribution in [2.45, 2.75) is 13.0 Å². The van der Waals surface area contributed by atoms with Crippen molar-refractivity contribution >= 4 is 23.3 Å². The molecule has 1 aliphatic rings. The monoisotopic (exact) mass is 334 g/mol. The van der Waals surface area contributed by atoms with Gasteiger partial charge in [-0.3, -0.25) is 0 Å². The summed E-state index contributed by atoms with van der Waals surface area (Å²) < 4.78 is 10.3. The molecule has 0 saturated carbocycles. The second-order valence-corrected chi connectivity index (χ2v) is 5.30. The number of allylic oxidation sites excluding steroid dienone is 1. The van der Waals surface area contributed by atoms with Crippen LogP contribution in [0.25, 0.3) is 0 Å². The van der Waals surface area contributed by atoms with E-state index in [4.69, 9.17) is 21.7 Å². The van der Waals surface area contributed by atoms with Crippen LogP contribution in [0.4, 0.5) is 0 Å². The fourth-order valence-electron chi connectivity index (χ4n) is 2.30. The van der Waals surface area contributed by atoms with Crippen molar-refractivity contribution in [1.29, 1.82) is 0 Å². The van der Waals surface area contributed by atoms with Crippen LogP contribution in [0.5, 0.6) is 11.5 Å². The van der Waals surface area contributed by atoms with Crippen LogP contribution in [0.15, 0.2) is 42.1 Å². The van der Waals surface area contributed by atoms with Gasteiger partial charge < -0.3 is 25.2 Å². The lowest BCUT2D eigenvalue weighted by molar-refractivity contribution is -0.138. The lowest BCUT2D eigenvalue weighted by Crippen LogP contribution is -2.45. The van der Waals surface area contributed by atoms with Gasteiger partial charge in [-0.1, -0.05) is 18.7 Å². The van der Waals surface area contributed by atoms with Crippen LogP contribution in [0, 0.1) is 0 Å². The van der Waals surface area contributed by atoms with E-state index in [1.807, 2.05) is 0 Å². The maximum absolute atomic E-state index is 12.3. The molecule has 7 heteroatoms. The van der Waals surface area contributed by atoms with E-state index >= 15 is 0 Å². The van der Waals surface area contributed by atoms with Gasteiger partial charge in [-0.15, -0.1) is 0 Å². The van der Waals surface area contributed by atoms with Gasteiger partial charge in [0.05, 0.1) is 18.7 Å². The van der Waals surface area contributed by atoms with E-state index in [0.29, 0.717) is 27.7 Å². The minimum absolute atomic E-state index is 0.0178. The summed E-state index contributed by atoms with van der Waals surface area (Å²) in [7, 11) is 1.46. The Morgan fingerprint density at radius 3 is 2.91 bits per heavy atom. The molecule has 0 saturated heterocycles. The predicted molar refractivity (Wildman–Crippen MR) is 90.1 cm³/mol. The zero-order valence-electron chi connectivity index (χ0n) is 12.9. The first-order valence-electron chi connectivity index (χ1n) is 6.91. The zero-order chi connectivity index (χ0) is 17.0. The van der Waals surface area contributed by atoms with Crippen molar-refractivity contribution in [2.24, 2.45) is 0 Å². The first kappa shape index (κ1) is 16.8. The summed E-state index contributed by atoms with van der Waals surface area (Å²) >= 11 is 5.17. The number of benzene rings is 1. The van der Waals surface area contributed by atoms with Crippen LogP contribution in [-0.4, -0.2) is 29.9 Å². The number of methoxy groups -OCH3 is 1. The Hall–Kier alpha value is -2.54. The van der Waals surface area contributed by atoms with Crippen LogP contribution in [0.3, 0.4) is 0 Å². The second kappa shape index (κ2) is 7.15. The van der Waals surface area contributed by atoms with Crippen LogP contribution >= 0.6 is 12.2 Å². The van der Waals surface area contributed by atoms with Crippen molar-refractivity contribution in [2.75, 3.05) is 13.7 Å². The van der Waals surface area contributed by atoms with E-state index in [9.17, 15) is 9.90 Å². The maximum Gasteiger partial charge on any atom is 0.338 e. The molecule has 1 aromatic rings. The standard InChI is InChI=1S/C16H18N2O4S/c1-4-7-22-15(20)13-9(2)17-16(23)18-14(13)10-5-6-11(19)12(8-10)21-3/h4-6,8,14,19H,1,7H2,2-3H3,(H2,17,18,23)/t14-/m0/s1. The summed E-state index contributed by atoms with van der Waals surface area (Å²) in [6.07, 6.45) is 1.50. The third kappa shape index (κ3) is 3.62. The lowest BCUT2D eigenvalue weighted by atomic mass is 9.95. The largest absolute Gasteiger partial charge is 0.504 e. The van der Waals surface area contributed by atoms with E-state index in [0.717, 1.165) is 0 Å². The average molecular weight is 334 g/mol. The maximum atomic E-state index is 12.3. The number of phenols is 1. The Morgan fingerprint density at radius 1 is 1.52 bits per heavy atom. The first-order chi connectivity index (χ1) is 11.0. The minimum atomic E-state index is -0.504. The number of rotatable bonds is 5. The molecule has 0 unspecified atom stereocenters. The molecular formula is C16H18N2O4S. The van der Waals surface area contributed by atoms with Crippen LogP contribution in [0.2, 0.25) is 0 Å². The number of esters is 1. The second-order valence-electron chi connectivity index (χ2n) is 4.89. The normalized spacial score (nSPS) is 17.1. The molecular weight excluding hydrogens is 316 g/mol. The van der Waals surface area contributed by atoms with E-state index < -0.39 is 12.0 Å². The molecule has 2 rings (SSSR count). The Kier molecular flexibility index (Phi) is 5.23. The van der Waals surface area contributed by atoms with Crippen LogP contribution < -0.4 is 15.4 Å². The van der Waals surface area contributed by atoms with Crippen molar-refractivity contribution in [3.05, 3.63) is 47.7 Å². The van der Waals surface area contributed by atoms with Gasteiger partial charge in [-0.05, 0) is 36.8 Å². The van der Waals surface area contributed by atoms with E-state index in [2.05, 4.69) is 17.2 Å². The molecule has 23 heavy (non-hydrogen) atoms. The summed E-state index contributed by atoms with van der Waals surface area (Å²) in [4.78, 5) is 12.3. The fourth-order valence-corrected chi connectivity index (χ4v) is 2.57. The van der Waals surface area contributed by atoms with Gasteiger partial charge in [0.15, 0.2) is 16.6 Å². The molecule has 1 heterocycles. The fraction of sp³-hybridized carbons (Fsp3) is 0.250. The molecule has 3 N–H and O–H groups in total. The average Bonchev–Trinajstić information content (AvgIpc) is 2.52. The molecule has 1 atom stereocenters. The van der Waals surface area contributed by atoms with Crippen molar-refractivity contribution in [3.8, 4) is 11.5 Å². The Balaban J connectivity index is 2.44.